The molecule has 3 rings (SSSR count). The quantitative estimate of drug-likeness (QED) is 0.835. The van der Waals surface area contributed by atoms with Crippen molar-refractivity contribution in [1.82, 2.24) is 4.98 Å². The smallest absolute Gasteiger partial charge is 0.253 e. The standard InChI is InChI=1S/C19H19BrN2O/c1-10-11(2)13(4)21-18(12(10)3)22-19(23)16-7-14-5-6-17(20)9-15(14)8-16/h5-7,9H,8H2,1-4H3,(H,21,22,23). The number of halogens is 1. The van der Waals surface area contributed by atoms with E-state index in [1.54, 1.807) is 0 Å². The fourth-order valence-electron chi connectivity index (χ4n) is 2.83. The van der Waals surface area contributed by atoms with E-state index in [2.05, 4.69) is 46.1 Å². The number of aromatic nitrogens is 1. The molecular formula is C19H19BrN2O. The lowest BCUT2D eigenvalue weighted by molar-refractivity contribution is -0.112. The van der Waals surface area contributed by atoms with E-state index in [0.717, 1.165) is 26.9 Å². The lowest BCUT2D eigenvalue weighted by atomic mass is 10.0. The van der Waals surface area contributed by atoms with Gasteiger partial charge in [-0.25, -0.2) is 4.98 Å². The molecule has 1 aromatic carbocycles. The number of hydrogen-bond acceptors (Lipinski definition) is 2. The second-order valence-corrected chi connectivity index (χ2v) is 6.98. The van der Waals surface area contributed by atoms with Crippen LogP contribution in [0.4, 0.5) is 5.82 Å². The number of carbonyl (C=O) groups excluding carboxylic acids is 1. The fourth-order valence-corrected chi connectivity index (χ4v) is 3.24. The summed E-state index contributed by atoms with van der Waals surface area (Å²) in [6, 6.07) is 6.09. The molecule has 0 bridgehead atoms. The molecule has 1 N–H and O–H groups in total. The van der Waals surface area contributed by atoms with Gasteiger partial charge in [0.05, 0.1) is 0 Å². The van der Waals surface area contributed by atoms with Gasteiger partial charge in [0.1, 0.15) is 5.82 Å². The maximum atomic E-state index is 12.6. The Morgan fingerprint density at radius 1 is 1.13 bits per heavy atom. The summed E-state index contributed by atoms with van der Waals surface area (Å²) in [5.74, 6) is 0.587. The molecule has 0 unspecified atom stereocenters. The molecule has 23 heavy (non-hydrogen) atoms. The van der Waals surface area contributed by atoms with Gasteiger partial charge < -0.3 is 5.32 Å². The normalized spacial score (nSPS) is 12.8. The molecule has 1 amide bonds. The highest BCUT2D eigenvalue weighted by molar-refractivity contribution is 9.10. The number of amides is 1. The van der Waals surface area contributed by atoms with E-state index < -0.39 is 0 Å². The van der Waals surface area contributed by atoms with Gasteiger partial charge >= 0.3 is 0 Å². The van der Waals surface area contributed by atoms with Gasteiger partial charge in [0.25, 0.3) is 5.91 Å². The highest BCUT2D eigenvalue weighted by atomic mass is 79.9. The molecule has 118 valence electrons. The third-order valence-electron chi connectivity index (χ3n) is 4.64. The number of hydrogen-bond donors (Lipinski definition) is 1. The molecule has 3 nitrogen and oxygen atoms in total. The van der Waals surface area contributed by atoms with Crippen molar-refractivity contribution in [3.05, 3.63) is 61.8 Å². The maximum absolute atomic E-state index is 12.6. The zero-order chi connectivity index (χ0) is 16.7. The van der Waals surface area contributed by atoms with Crippen molar-refractivity contribution in [2.75, 3.05) is 5.32 Å². The Kier molecular flexibility index (Phi) is 4.11. The predicted molar refractivity (Wildman–Crippen MR) is 97.6 cm³/mol. The number of aryl methyl sites for hydroxylation is 1. The van der Waals surface area contributed by atoms with Crippen LogP contribution in [0.5, 0.6) is 0 Å². The monoisotopic (exact) mass is 370 g/mol. The molecule has 2 aromatic rings. The lowest BCUT2D eigenvalue weighted by Crippen LogP contribution is -2.17. The molecule has 0 atom stereocenters. The van der Waals surface area contributed by atoms with Crippen LogP contribution in [0.3, 0.4) is 0 Å². The summed E-state index contributed by atoms with van der Waals surface area (Å²) in [5, 5.41) is 2.98. The Hall–Kier alpha value is -1.94. The largest absolute Gasteiger partial charge is 0.307 e. The van der Waals surface area contributed by atoms with Crippen molar-refractivity contribution in [3.63, 3.8) is 0 Å². The summed E-state index contributed by atoms with van der Waals surface area (Å²) in [7, 11) is 0. The van der Waals surface area contributed by atoms with Crippen molar-refractivity contribution in [3.8, 4) is 0 Å². The van der Waals surface area contributed by atoms with Crippen molar-refractivity contribution in [1.29, 1.82) is 0 Å². The van der Waals surface area contributed by atoms with Crippen LogP contribution >= 0.6 is 15.9 Å². The van der Waals surface area contributed by atoms with Gasteiger partial charge in [0, 0.05) is 22.2 Å². The number of nitrogens with one attached hydrogen (secondary N) is 1. The molecule has 1 heterocycles. The van der Waals surface area contributed by atoms with Crippen LogP contribution in [-0.2, 0) is 11.2 Å². The second kappa shape index (κ2) is 5.93. The van der Waals surface area contributed by atoms with Crippen LogP contribution in [0.1, 0.15) is 33.5 Å². The molecule has 4 heteroatoms. The molecule has 0 spiro atoms. The number of nitrogens with zero attached hydrogens (tertiary/aromatic N) is 1. The summed E-state index contributed by atoms with van der Waals surface area (Å²) in [5.41, 5.74) is 7.40. The molecule has 1 aliphatic carbocycles. The number of pyridine rings is 1. The highest BCUT2D eigenvalue weighted by Crippen LogP contribution is 2.29. The van der Waals surface area contributed by atoms with E-state index in [0.29, 0.717) is 12.2 Å². The summed E-state index contributed by atoms with van der Waals surface area (Å²) < 4.78 is 1.04. The van der Waals surface area contributed by atoms with Gasteiger partial charge in [0.2, 0.25) is 0 Å². The summed E-state index contributed by atoms with van der Waals surface area (Å²) in [6.45, 7) is 8.10. The average molecular weight is 371 g/mol. The van der Waals surface area contributed by atoms with E-state index in [1.165, 1.54) is 16.7 Å². The van der Waals surface area contributed by atoms with Crippen LogP contribution in [-0.4, -0.2) is 10.9 Å². The Morgan fingerprint density at radius 3 is 2.61 bits per heavy atom. The molecule has 1 aliphatic rings. The van der Waals surface area contributed by atoms with Crippen molar-refractivity contribution >= 4 is 33.7 Å². The number of benzene rings is 1. The molecule has 0 radical (unpaired) electrons. The van der Waals surface area contributed by atoms with Gasteiger partial charge in [-0.05, 0) is 73.7 Å². The Bertz CT molecular complexity index is 853. The number of carbonyl (C=O) groups is 1. The predicted octanol–water partition coefficient (Wildman–Crippen LogP) is 4.66. The van der Waals surface area contributed by atoms with Crippen LogP contribution in [0, 0.1) is 27.7 Å². The van der Waals surface area contributed by atoms with E-state index in [-0.39, 0.29) is 5.91 Å². The van der Waals surface area contributed by atoms with E-state index >= 15 is 0 Å². The molecular weight excluding hydrogens is 352 g/mol. The molecule has 0 saturated carbocycles. The first kappa shape index (κ1) is 15.9. The molecule has 1 aromatic heterocycles. The van der Waals surface area contributed by atoms with Crippen molar-refractivity contribution in [2.24, 2.45) is 0 Å². The first-order valence-electron chi connectivity index (χ1n) is 7.61. The highest BCUT2D eigenvalue weighted by Gasteiger charge is 2.20. The van der Waals surface area contributed by atoms with Gasteiger partial charge in [0.15, 0.2) is 0 Å². The molecule has 0 fully saturated rings. The summed E-state index contributed by atoms with van der Waals surface area (Å²) >= 11 is 3.47. The second-order valence-electron chi connectivity index (χ2n) is 6.06. The minimum absolute atomic E-state index is 0.0735. The minimum Gasteiger partial charge on any atom is -0.307 e. The zero-order valence-electron chi connectivity index (χ0n) is 13.7. The third kappa shape index (κ3) is 2.95. The van der Waals surface area contributed by atoms with Crippen LogP contribution in [0.25, 0.3) is 6.08 Å². The van der Waals surface area contributed by atoms with Crippen LogP contribution in [0.2, 0.25) is 0 Å². The maximum Gasteiger partial charge on any atom is 0.253 e. The van der Waals surface area contributed by atoms with Gasteiger partial charge in [-0.15, -0.1) is 0 Å². The van der Waals surface area contributed by atoms with Gasteiger partial charge in [-0.2, -0.15) is 0 Å². The SMILES string of the molecule is Cc1nc(NC(=O)C2=Cc3ccc(Br)cc3C2)c(C)c(C)c1C. The number of anilines is 1. The van der Waals surface area contributed by atoms with Crippen molar-refractivity contribution < 1.29 is 4.79 Å². The first-order chi connectivity index (χ1) is 10.9. The van der Waals surface area contributed by atoms with Crippen LogP contribution < -0.4 is 5.32 Å². The lowest BCUT2D eigenvalue weighted by Gasteiger charge is -2.14. The number of rotatable bonds is 2. The van der Waals surface area contributed by atoms with Gasteiger partial charge in [-0.3, -0.25) is 4.79 Å². The Labute approximate surface area is 145 Å². The average Bonchev–Trinajstić information content (AvgIpc) is 2.93. The molecule has 0 aliphatic heterocycles. The van der Waals surface area contributed by atoms with E-state index in [9.17, 15) is 4.79 Å². The summed E-state index contributed by atoms with van der Waals surface area (Å²) in [6.07, 6.45) is 2.61. The van der Waals surface area contributed by atoms with E-state index in [4.69, 9.17) is 0 Å². The first-order valence-corrected chi connectivity index (χ1v) is 8.41. The third-order valence-corrected chi connectivity index (χ3v) is 5.13. The topological polar surface area (TPSA) is 42.0 Å². The van der Waals surface area contributed by atoms with E-state index in [1.807, 2.05) is 32.1 Å². The zero-order valence-corrected chi connectivity index (χ0v) is 15.3. The minimum atomic E-state index is -0.0735. The van der Waals surface area contributed by atoms with Gasteiger partial charge in [-0.1, -0.05) is 22.0 Å². The fraction of sp³-hybridized carbons (Fsp3) is 0.263. The summed E-state index contributed by atoms with van der Waals surface area (Å²) in [4.78, 5) is 17.1. The van der Waals surface area contributed by atoms with Crippen LogP contribution in [0.15, 0.2) is 28.2 Å². The Balaban J connectivity index is 1.85. The molecule has 0 saturated heterocycles. The number of fused-ring (bicyclic) bond motifs is 1. The van der Waals surface area contributed by atoms with Crippen molar-refractivity contribution in [2.45, 2.75) is 34.1 Å². The Morgan fingerprint density at radius 2 is 1.87 bits per heavy atom.